The van der Waals surface area contributed by atoms with Crippen molar-refractivity contribution in [3.05, 3.63) is 95.3 Å². The highest BCUT2D eigenvalue weighted by molar-refractivity contribution is 6.05. The number of rotatable bonds is 7. The molecule has 0 atom stereocenters. The molecular formula is C23H21FN2O3. The van der Waals surface area contributed by atoms with Crippen LogP contribution in [-0.2, 0) is 6.42 Å². The van der Waals surface area contributed by atoms with E-state index < -0.39 is 5.82 Å². The zero-order valence-corrected chi connectivity index (χ0v) is 15.9. The maximum absolute atomic E-state index is 13.2. The Hall–Kier alpha value is -3.67. The summed E-state index contributed by atoms with van der Waals surface area (Å²) in [6.45, 7) is 0.459. The number of hydrogen-bond acceptors (Lipinski definition) is 3. The van der Waals surface area contributed by atoms with Crippen LogP contribution >= 0.6 is 0 Å². The molecule has 0 aromatic heterocycles. The second-order valence-corrected chi connectivity index (χ2v) is 6.36. The highest BCUT2D eigenvalue weighted by Crippen LogP contribution is 2.17. The molecule has 0 fully saturated rings. The zero-order valence-electron chi connectivity index (χ0n) is 15.9. The molecule has 0 spiro atoms. The number of carbonyl (C=O) groups excluding carboxylic acids is 2. The van der Waals surface area contributed by atoms with Crippen molar-refractivity contribution in [1.29, 1.82) is 0 Å². The molecule has 0 aliphatic heterocycles. The zero-order chi connectivity index (χ0) is 20.6. The molecule has 3 aromatic carbocycles. The average Bonchev–Trinajstić information content (AvgIpc) is 2.74. The Balaban J connectivity index is 1.55. The highest BCUT2D eigenvalue weighted by Gasteiger charge is 2.10. The first-order chi connectivity index (χ1) is 14.1. The fourth-order valence-electron chi connectivity index (χ4n) is 2.86. The first-order valence-electron chi connectivity index (χ1n) is 9.14. The Labute approximate surface area is 168 Å². The Morgan fingerprint density at radius 3 is 2.28 bits per heavy atom. The van der Waals surface area contributed by atoms with E-state index in [0.29, 0.717) is 29.8 Å². The van der Waals surface area contributed by atoms with Gasteiger partial charge < -0.3 is 15.4 Å². The molecule has 0 bridgehead atoms. The van der Waals surface area contributed by atoms with E-state index in [2.05, 4.69) is 10.6 Å². The van der Waals surface area contributed by atoms with Crippen molar-refractivity contribution in [1.82, 2.24) is 5.32 Å². The van der Waals surface area contributed by atoms with Gasteiger partial charge in [0.2, 0.25) is 0 Å². The van der Waals surface area contributed by atoms with Crippen molar-refractivity contribution in [3.63, 3.8) is 0 Å². The maximum atomic E-state index is 13.2. The van der Waals surface area contributed by atoms with Gasteiger partial charge in [0.25, 0.3) is 11.8 Å². The lowest BCUT2D eigenvalue weighted by Crippen LogP contribution is -2.25. The molecule has 0 aliphatic carbocycles. The van der Waals surface area contributed by atoms with E-state index in [4.69, 9.17) is 4.74 Å². The third-order valence-corrected chi connectivity index (χ3v) is 4.36. The average molecular weight is 392 g/mol. The smallest absolute Gasteiger partial charge is 0.255 e. The summed E-state index contributed by atoms with van der Waals surface area (Å²) in [5.74, 6) is -0.242. The molecular weight excluding hydrogens is 371 g/mol. The summed E-state index contributed by atoms with van der Waals surface area (Å²) in [6.07, 6.45) is 0.643. The predicted octanol–water partition coefficient (Wildman–Crippen LogP) is 4.06. The van der Waals surface area contributed by atoms with E-state index in [1.54, 1.807) is 37.4 Å². The van der Waals surface area contributed by atoms with Gasteiger partial charge >= 0.3 is 0 Å². The molecule has 3 rings (SSSR count). The molecule has 3 aromatic rings. The molecule has 148 valence electrons. The molecule has 0 radical (unpaired) electrons. The van der Waals surface area contributed by atoms with Crippen molar-refractivity contribution >= 4 is 17.5 Å². The van der Waals surface area contributed by atoms with E-state index in [1.165, 1.54) is 18.2 Å². The summed E-state index contributed by atoms with van der Waals surface area (Å²) in [5, 5.41) is 5.48. The van der Waals surface area contributed by atoms with Crippen LogP contribution in [0.1, 0.15) is 26.3 Å². The van der Waals surface area contributed by atoms with Crippen molar-refractivity contribution in [3.8, 4) is 5.75 Å². The fraction of sp³-hybridized carbons (Fsp3) is 0.130. The Morgan fingerprint density at radius 1 is 0.897 bits per heavy atom. The molecule has 2 amide bonds. The Kier molecular flexibility index (Phi) is 6.58. The van der Waals surface area contributed by atoms with Crippen LogP contribution in [0, 0.1) is 5.82 Å². The summed E-state index contributed by atoms with van der Waals surface area (Å²) in [5.41, 5.74) is 2.21. The van der Waals surface area contributed by atoms with Gasteiger partial charge in [0.05, 0.1) is 7.11 Å². The molecule has 0 aliphatic rings. The van der Waals surface area contributed by atoms with Crippen LogP contribution in [0.15, 0.2) is 72.8 Å². The summed E-state index contributed by atoms with van der Waals surface area (Å²) >= 11 is 0. The van der Waals surface area contributed by atoms with Crippen molar-refractivity contribution in [2.45, 2.75) is 6.42 Å². The number of halogens is 1. The van der Waals surface area contributed by atoms with Crippen molar-refractivity contribution < 1.29 is 18.7 Å². The molecule has 29 heavy (non-hydrogen) atoms. The first-order valence-corrected chi connectivity index (χ1v) is 9.14. The molecule has 6 heteroatoms. The number of ether oxygens (including phenoxy) is 1. The van der Waals surface area contributed by atoms with Crippen molar-refractivity contribution in [2.75, 3.05) is 19.0 Å². The van der Waals surface area contributed by atoms with Crippen LogP contribution in [0.25, 0.3) is 0 Å². The van der Waals surface area contributed by atoms with Gasteiger partial charge in [-0.25, -0.2) is 4.39 Å². The first kappa shape index (κ1) is 20.1. The number of nitrogens with one attached hydrogen (secondary N) is 2. The molecule has 0 unspecified atom stereocenters. The van der Waals surface area contributed by atoms with E-state index in [0.717, 1.165) is 11.3 Å². The van der Waals surface area contributed by atoms with Crippen LogP contribution in [0.4, 0.5) is 10.1 Å². The Morgan fingerprint density at radius 2 is 1.59 bits per heavy atom. The number of anilines is 1. The summed E-state index contributed by atoms with van der Waals surface area (Å²) in [7, 11) is 1.61. The van der Waals surface area contributed by atoms with Gasteiger partial charge in [-0.15, -0.1) is 0 Å². The molecule has 5 nitrogen and oxygen atoms in total. The van der Waals surface area contributed by atoms with E-state index >= 15 is 0 Å². The quantitative estimate of drug-likeness (QED) is 0.637. The lowest BCUT2D eigenvalue weighted by Gasteiger charge is -2.09. The van der Waals surface area contributed by atoms with E-state index in [1.807, 2.05) is 24.3 Å². The standard InChI is InChI=1S/C23H21FN2O3/c1-29-21-8-3-2-5-16(21)13-14-25-22(27)17-9-11-18(12-10-17)23(28)26-20-7-4-6-19(24)15-20/h2-12,15H,13-14H2,1H3,(H,25,27)(H,26,28). The lowest BCUT2D eigenvalue weighted by atomic mass is 10.1. The number of methoxy groups -OCH3 is 1. The number of para-hydroxylation sites is 1. The van der Waals surface area contributed by atoms with Gasteiger partial charge in [0, 0.05) is 23.4 Å². The van der Waals surface area contributed by atoms with Crippen LogP contribution < -0.4 is 15.4 Å². The molecule has 0 heterocycles. The SMILES string of the molecule is COc1ccccc1CCNC(=O)c1ccc(C(=O)Nc2cccc(F)c2)cc1. The van der Waals surface area contributed by atoms with Gasteiger partial charge in [-0.05, 0) is 60.5 Å². The summed E-state index contributed by atoms with van der Waals surface area (Å²) in [4.78, 5) is 24.6. The summed E-state index contributed by atoms with van der Waals surface area (Å²) < 4.78 is 18.5. The van der Waals surface area contributed by atoms with Crippen LogP contribution in [-0.4, -0.2) is 25.5 Å². The van der Waals surface area contributed by atoms with Gasteiger partial charge in [-0.3, -0.25) is 9.59 Å². The molecule has 0 saturated carbocycles. The van der Waals surface area contributed by atoms with Crippen LogP contribution in [0.2, 0.25) is 0 Å². The monoisotopic (exact) mass is 392 g/mol. The molecule has 0 saturated heterocycles. The maximum Gasteiger partial charge on any atom is 0.255 e. The lowest BCUT2D eigenvalue weighted by molar-refractivity contribution is 0.0952. The van der Waals surface area contributed by atoms with Gasteiger partial charge in [0.1, 0.15) is 11.6 Å². The van der Waals surface area contributed by atoms with Gasteiger partial charge in [-0.1, -0.05) is 24.3 Å². The minimum absolute atomic E-state index is 0.225. The van der Waals surface area contributed by atoms with Crippen LogP contribution in [0.3, 0.4) is 0 Å². The van der Waals surface area contributed by atoms with Crippen molar-refractivity contribution in [2.24, 2.45) is 0 Å². The normalized spacial score (nSPS) is 10.3. The molecule has 2 N–H and O–H groups in total. The predicted molar refractivity (Wildman–Crippen MR) is 110 cm³/mol. The number of benzene rings is 3. The number of amides is 2. The minimum atomic E-state index is -0.428. The number of carbonyl (C=O) groups is 2. The Bertz CT molecular complexity index is 1000. The minimum Gasteiger partial charge on any atom is -0.496 e. The van der Waals surface area contributed by atoms with Crippen LogP contribution in [0.5, 0.6) is 5.75 Å². The van der Waals surface area contributed by atoms with E-state index in [9.17, 15) is 14.0 Å². The van der Waals surface area contributed by atoms with Gasteiger partial charge in [-0.2, -0.15) is 0 Å². The van der Waals surface area contributed by atoms with E-state index in [-0.39, 0.29) is 11.8 Å². The third kappa shape index (κ3) is 5.42. The second-order valence-electron chi connectivity index (χ2n) is 6.36. The highest BCUT2D eigenvalue weighted by atomic mass is 19.1. The second kappa shape index (κ2) is 9.50. The largest absolute Gasteiger partial charge is 0.496 e. The topological polar surface area (TPSA) is 67.4 Å². The van der Waals surface area contributed by atoms with Gasteiger partial charge in [0.15, 0.2) is 0 Å². The third-order valence-electron chi connectivity index (χ3n) is 4.36. The fourth-order valence-corrected chi connectivity index (χ4v) is 2.86. The summed E-state index contributed by atoms with van der Waals surface area (Å²) in [6, 6.07) is 19.6. The number of hydrogen-bond donors (Lipinski definition) is 2.